The first-order chi connectivity index (χ1) is 5.63. The van der Waals surface area contributed by atoms with Crippen LogP contribution in [0.4, 0.5) is 0 Å². The molecule has 12 heavy (non-hydrogen) atoms. The largest absolute Gasteiger partial charge is 0.372 e. The average molecular weight is 188 g/mol. The van der Waals surface area contributed by atoms with E-state index in [1.165, 1.54) is 0 Å². The highest BCUT2D eigenvalue weighted by atomic mass is 32.1. The average Bonchev–Trinajstić information content (AvgIpc) is 2.01. The van der Waals surface area contributed by atoms with Gasteiger partial charge >= 0.3 is 0 Å². The smallest absolute Gasteiger partial charge is 0.168 e. The number of hydrogen-bond acceptors (Lipinski definition) is 2. The molecule has 0 saturated carbocycles. The van der Waals surface area contributed by atoms with Gasteiger partial charge in [0.25, 0.3) is 0 Å². The molecule has 1 rings (SSSR count). The maximum Gasteiger partial charge on any atom is 0.168 e. The summed E-state index contributed by atoms with van der Waals surface area (Å²) >= 11 is 5.14. The summed E-state index contributed by atoms with van der Waals surface area (Å²) < 4.78 is 5.58. The Morgan fingerprint density at radius 3 is 2.33 bits per heavy atom. The minimum atomic E-state index is 0.278. The third kappa shape index (κ3) is 2.32. The summed E-state index contributed by atoms with van der Waals surface area (Å²) in [5, 5.41) is 3.79. The Kier molecular flexibility index (Phi) is 3.29. The third-order valence-corrected chi connectivity index (χ3v) is 2.38. The van der Waals surface area contributed by atoms with E-state index in [1.54, 1.807) is 0 Å². The Labute approximate surface area is 79.1 Å². The van der Waals surface area contributed by atoms with Gasteiger partial charge in [-0.2, -0.15) is 0 Å². The molecule has 0 aromatic heterocycles. The first kappa shape index (κ1) is 9.74. The zero-order valence-electron chi connectivity index (χ0n) is 7.83. The van der Waals surface area contributed by atoms with Crippen LogP contribution in [0, 0.1) is 0 Å². The standard InChI is InChI=1S/C8H16N2OS/c1-6-4-10(8(12)9-3)5-7(2)11-6/h6-7H,4-5H2,1-3H3,(H,9,12). The van der Waals surface area contributed by atoms with Crippen LogP contribution in [0.5, 0.6) is 0 Å². The highest BCUT2D eigenvalue weighted by Crippen LogP contribution is 2.10. The Hall–Kier alpha value is -0.350. The second-order valence-electron chi connectivity index (χ2n) is 3.22. The maximum atomic E-state index is 5.58. The molecule has 0 aromatic rings. The monoisotopic (exact) mass is 188 g/mol. The van der Waals surface area contributed by atoms with E-state index in [4.69, 9.17) is 17.0 Å². The number of thiocarbonyl (C=S) groups is 1. The molecule has 70 valence electrons. The molecule has 2 atom stereocenters. The normalized spacial score (nSPS) is 30.1. The molecule has 3 nitrogen and oxygen atoms in total. The lowest BCUT2D eigenvalue weighted by Crippen LogP contribution is -2.50. The van der Waals surface area contributed by atoms with Crippen LogP contribution in [0.3, 0.4) is 0 Å². The zero-order chi connectivity index (χ0) is 9.14. The molecule has 0 amide bonds. The van der Waals surface area contributed by atoms with E-state index in [0.29, 0.717) is 0 Å². The zero-order valence-corrected chi connectivity index (χ0v) is 8.65. The summed E-state index contributed by atoms with van der Waals surface area (Å²) in [7, 11) is 1.85. The van der Waals surface area contributed by atoms with Crippen molar-refractivity contribution in [2.24, 2.45) is 0 Å². The van der Waals surface area contributed by atoms with Gasteiger partial charge in [0.05, 0.1) is 12.2 Å². The summed E-state index contributed by atoms with van der Waals surface area (Å²) in [6.45, 7) is 5.93. The number of rotatable bonds is 0. The molecule has 0 aliphatic carbocycles. The van der Waals surface area contributed by atoms with Crippen LogP contribution >= 0.6 is 12.2 Å². The summed E-state index contributed by atoms with van der Waals surface area (Å²) in [6.07, 6.45) is 0.556. The second-order valence-corrected chi connectivity index (χ2v) is 3.60. The highest BCUT2D eigenvalue weighted by Gasteiger charge is 2.22. The lowest BCUT2D eigenvalue weighted by atomic mass is 10.2. The van der Waals surface area contributed by atoms with Crippen molar-refractivity contribution < 1.29 is 4.74 Å². The van der Waals surface area contributed by atoms with Gasteiger partial charge in [0.2, 0.25) is 0 Å². The molecule has 1 saturated heterocycles. The summed E-state index contributed by atoms with van der Waals surface area (Å²) in [5.41, 5.74) is 0. The van der Waals surface area contributed by atoms with Crippen molar-refractivity contribution >= 4 is 17.3 Å². The van der Waals surface area contributed by atoms with Crippen molar-refractivity contribution in [2.75, 3.05) is 20.1 Å². The van der Waals surface area contributed by atoms with E-state index in [2.05, 4.69) is 24.1 Å². The quantitative estimate of drug-likeness (QED) is 0.563. The molecule has 1 fully saturated rings. The van der Waals surface area contributed by atoms with E-state index in [1.807, 2.05) is 7.05 Å². The van der Waals surface area contributed by atoms with Crippen molar-refractivity contribution in [3.63, 3.8) is 0 Å². The molecule has 1 heterocycles. The van der Waals surface area contributed by atoms with Gasteiger partial charge in [-0.1, -0.05) is 0 Å². The fourth-order valence-corrected chi connectivity index (χ4v) is 1.65. The van der Waals surface area contributed by atoms with Crippen LogP contribution in [-0.4, -0.2) is 42.4 Å². The lowest BCUT2D eigenvalue weighted by molar-refractivity contribution is -0.0480. The fraction of sp³-hybridized carbons (Fsp3) is 0.875. The van der Waals surface area contributed by atoms with Gasteiger partial charge in [-0.3, -0.25) is 0 Å². The predicted molar refractivity (Wildman–Crippen MR) is 53.2 cm³/mol. The van der Waals surface area contributed by atoms with Crippen LogP contribution in [0.25, 0.3) is 0 Å². The van der Waals surface area contributed by atoms with E-state index in [-0.39, 0.29) is 12.2 Å². The SMILES string of the molecule is CNC(=S)N1CC(C)OC(C)C1. The van der Waals surface area contributed by atoms with Gasteiger partial charge in [-0.25, -0.2) is 0 Å². The molecule has 1 aliphatic rings. The van der Waals surface area contributed by atoms with Crippen LogP contribution in [0.1, 0.15) is 13.8 Å². The molecule has 4 heteroatoms. The summed E-state index contributed by atoms with van der Waals surface area (Å²) in [6, 6.07) is 0. The lowest BCUT2D eigenvalue weighted by Gasteiger charge is -2.36. The van der Waals surface area contributed by atoms with E-state index >= 15 is 0 Å². The van der Waals surface area contributed by atoms with Crippen LogP contribution in [-0.2, 0) is 4.74 Å². The summed E-state index contributed by atoms with van der Waals surface area (Å²) in [4.78, 5) is 2.15. The maximum absolute atomic E-state index is 5.58. The number of ether oxygens (including phenoxy) is 1. The Morgan fingerprint density at radius 2 is 1.92 bits per heavy atom. The molecule has 0 radical (unpaired) electrons. The van der Waals surface area contributed by atoms with Crippen molar-refractivity contribution in [2.45, 2.75) is 26.1 Å². The van der Waals surface area contributed by atoms with E-state index in [0.717, 1.165) is 18.2 Å². The third-order valence-electron chi connectivity index (χ3n) is 1.92. The minimum absolute atomic E-state index is 0.278. The van der Waals surface area contributed by atoms with Gasteiger partial charge < -0.3 is 15.0 Å². The number of nitrogens with one attached hydrogen (secondary N) is 1. The Balaban J connectivity index is 2.49. The molecule has 2 unspecified atom stereocenters. The second kappa shape index (κ2) is 4.05. The van der Waals surface area contributed by atoms with Crippen LogP contribution in [0.15, 0.2) is 0 Å². The van der Waals surface area contributed by atoms with Crippen molar-refractivity contribution in [1.82, 2.24) is 10.2 Å². The van der Waals surface area contributed by atoms with Crippen molar-refractivity contribution in [1.29, 1.82) is 0 Å². The molecule has 0 bridgehead atoms. The molecule has 1 aliphatic heterocycles. The number of morpholine rings is 1. The Bertz CT molecular complexity index is 164. The highest BCUT2D eigenvalue weighted by molar-refractivity contribution is 7.80. The van der Waals surface area contributed by atoms with Crippen molar-refractivity contribution in [3.8, 4) is 0 Å². The number of nitrogens with zero attached hydrogens (tertiary/aromatic N) is 1. The van der Waals surface area contributed by atoms with Gasteiger partial charge in [-0.15, -0.1) is 0 Å². The van der Waals surface area contributed by atoms with E-state index in [9.17, 15) is 0 Å². The van der Waals surface area contributed by atoms with Gasteiger partial charge in [-0.05, 0) is 26.1 Å². The molecule has 1 N–H and O–H groups in total. The first-order valence-electron chi connectivity index (χ1n) is 4.25. The van der Waals surface area contributed by atoms with E-state index < -0.39 is 0 Å². The fourth-order valence-electron chi connectivity index (χ4n) is 1.50. The van der Waals surface area contributed by atoms with Gasteiger partial charge in [0.15, 0.2) is 5.11 Å². The predicted octanol–water partition coefficient (Wildman–Crippen LogP) is 0.600. The summed E-state index contributed by atoms with van der Waals surface area (Å²) in [5.74, 6) is 0. The number of hydrogen-bond donors (Lipinski definition) is 1. The van der Waals surface area contributed by atoms with Gasteiger partial charge in [0.1, 0.15) is 0 Å². The van der Waals surface area contributed by atoms with Crippen LogP contribution in [0.2, 0.25) is 0 Å². The van der Waals surface area contributed by atoms with Gasteiger partial charge in [0, 0.05) is 20.1 Å². The van der Waals surface area contributed by atoms with Crippen LogP contribution < -0.4 is 5.32 Å². The van der Waals surface area contributed by atoms with Crippen molar-refractivity contribution in [3.05, 3.63) is 0 Å². The topological polar surface area (TPSA) is 24.5 Å². The molecule has 0 aromatic carbocycles. The molecular weight excluding hydrogens is 172 g/mol. The minimum Gasteiger partial charge on any atom is -0.372 e. The first-order valence-corrected chi connectivity index (χ1v) is 4.66. The molecular formula is C8H16N2OS. The Morgan fingerprint density at radius 1 is 1.42 bits per heavy atom. The molecule has 0 spiro atoms.